The van der Waals surface area contributed by atoms with Gasteiger partial charge >= 0.3 is 0 Å². The number of nitrogens with one attached hydrogen (secondary N) is 1. The fraction of sp³-hybridized carbons (Fsp3) is 0.556. The van der Waals surface area contributed by atoms with Crippen molar-refractivity contribution in [3.05, 3.63) is 34.9 Å². The second-order valence-electron chi connectivity index (χ2n) is 6.63. The Labute approximate surface area is 148 Å². The third-order valence-electron chi connectivity index (χ3n) is 3.97. The first kappa shape index (κ1) is 18.7. The van der Waals surface area contributed by atoms with Crippen molar-refractivity contribution in [2.75, 3.05) is 19.7 Å². The van der Waals surface area contributed by atoms with Crippen LogP contribution in [0.2, 0.25) is 5.02 Å². The molecule has 1 N–H and O–H groups in total. The number of carbonyl (C=O) groups excluding carboxylic acids is 2. The van der Waals surface area contributed by atoms with E-state index in [4.69, 9.17) is 16.3 Å². The molecule has 1 aliphatic heterocycles. The van der Waals surface area contributed by atoms with E-state index in [1.807, 2.05) is 20.8 Å². The summed E-state index contributed by atoms with van der Waals surface area (Å²) in [7, 11) is 0. The van der Waals surface area contributed by atoms with E-state index in [0.29, 0.717) is 42.6 Å². The van der Waals surface area contributed by atoms with Gasteiger partial charge in [0.05, 0.1) is 12.7 Å². The Morgan fingerprint density at radius 1 is 1.33 bits per heavy atom. The van der Waals surface area contributed by atoms with Gasteiger partial charge in [-0.3, -0.25) is 9.59 Å². The predicted octanol–water partition coefficient (Wildman–Crippen LogP) is 2.73. The second-order valence-corrected chi connectivity index (χ2v) is 7.06. The Bertz CT molecular complexity index is 574. The van der Waals surface area contributed by atoms with Gasteiger partial charge in [-0.25, -0.2) is 0 Å². The Kier molecular flexibility index (Phi) is 6.63. The number of ether oxygens (including phenoxy) is 1. The van der Waals surface area contributed by atoms with Crippen LogP contribution in [-0.2, 0) is 9.53 Å². The average molecular weight is 353 g/mol. The highest BCUT2D eigenvalue weighted by Crippen LogP contribution is 2.14. The highest BCUT2D eigenvalue weighted by Gasteiger charge is 2.29. The molecule has 0 unspecified atom stereocenters. The maximum atomic E-state index is 12.8. The third kappa shape index (κ3) is 5.21. The number of carbonyl (C=O) groups is 2. The Morgan fingerprint density at radius 2 is 2.00 bits per heavy atom. The quantitative estimate of drug-likeness (QED) is 0.886. The smallest absolute Gasteiger partial charge is 0.251 e. The molecule has 0 radical (unpaired) electrons. The lowest BCUT2D eigenvalue weighted by Crippen LogP contribution is -2.53. The van der Waals surface area contributed by atoms with Crippen LogP contribution in [0.25, 0.3) is 0 Å². The van der Waals surface area contributed by atoms with Crippen LogP contribution in [0.1, 0.15) is 37.6 Å². The summed E-state index contributed by atoms with van der Waals surface area (Å²) in [4.78, 5) is 27.1. The van der Waals surface area contributed by atoms with E-state index in [-0.39, 0.29) is 17.9 Å². The topological polar surface area (TPSA) is 58.6 Å². The molecule has 0 aromatic heterocycles. The summed E-state index contributed by atoms with van der Waals surface area (Å²) in [6, 6.07) is 6.12. The maximum Gasteiger partial charge on any atom is 0.251 e. The molecule has 24 heavy (non-hydrogen) atoms. The molecule has 1 aromatic carbocycles. The Balaban J connectivity index is 2.08. The van der Waals surface area contributed by atoms with Crippen LogP contribution in [-0.4, -0.2) is 48.6 Å². The van der Waals surface area contributed by atoms with Crippen molar-refractivity contribution in [3.8, 4) is 0 Å². The molecule has 5 nitrogen and oxygen atoms in total. The van der Waals surface area contributed by atoms with Gasteiger partial charge in [0.15, 0.2) is 0 Å². The molecular weight excluding hydrogens is 328 g/mol. The zero-order valence-corrected chi connectivity index (χ0v) is 15.2. The van der Waals surface area contributed by atoms with E-state index in [0.717, 1.165) is 0 Å². The molecule has 132 valence electrons. The second kappa shape index (κ2) is 8.49. The standard InChI is InChI=1S/C18H25ClN2O3/c1-12(2)10-16(18(23)21-8-9-24-13(3)11-21)20-17(22)14-4-6-15(19)7-5-14/h4-7,12-13,16H,8-11H2,1-3H3,(H,20,22)/t13-,16-/m0/s1. The van der Waals surface area contributed by atoms with E-state index in [2.05, 4.69) is 5.32 Å². The molecule has 0 saturated carbocycles. The average Bonchev–Trinajstić information content (AvgIpc) is 2.53. The Morgan fingerprint density at radius 3 is 2.58 bits per heavy atom. The SMILES string of the molecule is CC(C)C[C@H](NC(=O)c1ccc(Cl)cc1)C(=O)N1CCO[C@@H](C)C1. The molecule has 1 aromatic rings. The van der Waals surface area contributed by atoms with E-state index in [1.54, 1.807) is 29.2 Å². The van der Waals surface area contributed by atoms with Crippen molar-refractivity contribution in [1.29, 1.82) is 0 Å². The molecule has 2 rings (SSSR count). The van der Waals surface area contributed by atoms with Gasteiger partial charge in [0, 0.05) is 23.7 Å². The molecule has 1 aliphatic rings. The number of hydrogen-bond acceptors (Lipinski definition) is 3. The number of nitrogens with zero attached hydrogens (tertiary/aromatic N) is 1. The van der Waals surface area contributed by atoms with Crippen molar-refractivity contribution in [2.24, 2.45) is 5.92 Å². The van der Waals surface area contributed by atoms with Crippen molar-refractivity contribution in [1.82, 2.24) is 10.2 Å². The minimum Gasteiger partial charge on any atom is -0.375 e. The molecule has 0 aliphatic carbocycles. The van der Waals surface area contributed by atoms with Crippen LogP contribution in [0.3, 0.4) is 0 Å². The molecular formula is C18H25ClN2O3. The van der Waals surface area contributed by atoms with Crippen molar-refractivity contribution in [3.63, 3.8) is 0 Å². The number of amides is 2. The van der Waals surface area contributed by atoms with Crippen LogP contribution >= 0.6 is 11.6 Å². The minimum absolute atomic E-state index is 0.0226. The number of halogens is 1. The van der Waals surface area contributed by atoms with Gasteiger partial charge < -0.3 is 15.0 Å². The van der Waals surface area contributed by atoms with E-state index >= 15 is 0 Å². The zero-order chi connectivity index (χ0) is 17.7. The van der Waals surface area contributed by atoms with Gasteiger partial charge in [0.25, 0.3) is 5.91 Å². The van der Waals surface area contributed by atoms with Gasteiger partial charge in [-0.15, -0.1) is 0 Å². The molecule has 6 heteroatoms. The molecule has 1 heterocycles. The normalized spacial score (nSPS) is 19.2. The lowest BCUT2D eigenvalue weighted by Gasteiger charge is -2.34. The van der Waals surface area contributed by atoms with Crippen LogP contribution in [0, 0.1) is 5.92 Å². The monoisotopic (exact) mass is 352 g/mol. The fourth-order valence-corrected chi connectivity index (χ4v) is 2.90. The van der Waals surface area contributed by atoms with Crippen LogP contribution in [0.15, 0.2) is 24.3 Å². The highest BCUT2D eigenvalue weighted by molar-refractivity contribution is 6.30. The van der Waals surface area contributed by atoms with Gasteiger partial charge in [-0.2, -0.15) is 0 Å². The lowest BCUT2D eigenvalue weighted by molar-refractivity contribution is -0.140. The summed E-state index contributed by atoms with van der Waals surface area (Å²) in [6.45, 7) is 7.68. The van der Waals surface area contributed by atoms with E-state index in [1.165, 1.54) is 0 Å². The third-order valence-corrected chi connectivity index (χ3v) is 4.22. The first-order chi connectivity index (χ1) is 11.4. The van der Waals surface area contributed by atoms with Crippen LogP contribution < -0.4 is 5.32 Å². The van der Waals surface area contributed by atoms with Crippen molar-refractivity contribution < 1.29 is 14.3 Å². The summed E-state index contributed by atoms with van der Waals surface area (Å²) in [5.41, 5.74) is 0.497. The molecule has 2 amide bonds. The van der Waals surface area contributed by atoms with Crippen LogP contribution in [0.4, 0.5) is 0 Å². The maximum absolute atomic E-state index is 12.8. The van der Waals surface area contributed by atoms with Gasteiger partial charge in [-0.05, 0) is 43.5 Å². The summed E-state index contributed by atoms with van der Waals surface area (Å²) in [5, 5.41) is 3.45. The van der Waals surface area contributed by atoms with Gasteiger partial charge in [0.1, 0.15) is 6.04 Å². The largest absolute Gasteiger partial charge is 0.375 e. The highest BCUT2D eigenvalue weighted by atomic mass is 35.5. The predicted molar refractivity (Wildman–Crippen MR) is 94.2 cm³/mol. The lowest BCUT2D eigenvalue weighted by atomic mass is 10.0. The molecule has 1 fully saturated rings. The molecule has 0 bridgehead atoms. The van der Waals surface area contributed by atoms with Crippen molar-refractivity contribution in [2.45, 2.75) is 39.3 Å². The number of rotatable bonds is 5. The minimum atomic E-state index is -0.529. The molecule has 1 saturated heterocycles. The first-order valence-corrected chi connectivity index (χ1v) is 8.71. The first-order valence-electron chi connectivity index (χ1n) is 8.33. The summed E-state index contributed by atoms with van der Waals surface area (Å²) in [6.07, 6.45) is 0.624. The van der Waals surface area contributed by atoms with Gasteiger partial charge in [-0.1, -0.05) is 25.4 Å². The Hall–Kier alpha value is -1.59. The summed E-state index contributed by atoms with van der Waals surface area (Å²) >= 11 is 5.85. The number of morpholine rings is 1. The summed E-state index contributed by atoms with van der Waals surface area (Å²) < 4.78 is 5.49. The van der Waals surface area contributed by atoms with Crippen LogP contribution in [0.5, 0.6) is 0 Å². The molecule has 0 spiro atoms. The molecule has 2 atom stereocenters. The van der Waals surface area contributed by atoms with E-state index < -0.39 is 6.04 Å². The zero-order valence-electron chi connectivity index (χ0n) is 14.4. The van der Waals surface area contributed by atoms with Crippen molar-refractivity contribution >= 4 is 23.4 Å². The number of benzene rings is 1. The number of hydrogen-bond donors (Lipinski definition) is 1. The van der Waals surface area contributed by atoms with Gasteiger partial charge in [0.2, 0.25) is 5.91 Å². The fourth-order valence-electron chi connectivity index (χ4n) is 2.77. The summed E-state index contributed by atoms with van der Waals surface area (Å²) in [5.74, 6) is -0.00364. The van der Waals surface area contributed by atoms with E-state index in [9.17, 15) is 9.59 Å².